The molecule has 108 valence electrons. The van der Waals surface area contributed by atoms with E-state index in [9.17, 15) is 8.42 Å². The van der Waals surface area contributed by atoms with Crippen LogP contribution >= 0.6 is 11.6 Å². The van der Waals surface area contributed by atoms with Crippen LogP contribution in [0.5, 0.6) is 11.5 Å². The Bertz CT molecular complexity index is 511. The molecule has 6 heteroatoms. The topological polar surface area (TPSA) is 52.6 Å². The van der Waals surface area contributed by atoms with E-state index in [0.717, 1.165) is 5.56 Å². The Hall–Kier alpha value is -0.940. The average molecular weight is 307 g/mol. The van der Waals surface area contributed by atoms with Crippen molar-refractivity contribution in [3.8, 4) is 11.5 Å². The second-order valence-corrected chi connectivity index (χ2v) is 7.33. The van der Waals surface area contributed by atoms with Crippen LogP contribution in [-0.4, -0.2) is 33.1 Å². The molecule has 0 amide bonds. The third-order valence-electron chi connectivity index (χ3n) is 2.73. The Balaban J connectivity index is 2.68. The fraction of sp³-hybridized carbons (Fsp3) is 0.538. The number of hydrogen-bond donors (Lipinski definition) is 0. The molecule has 1 aromatic rings. The van der Waals surface area contributed by atoms with Crippen molar-refractivity contribution in [3.05, 3.63) is 23.8 Å². The third-order valence-corrected chi connectivity index (χ3v) is 5.21. The highest BCUT2D eigenvalue weighted by molar-refractivity contribution is 7.91. The zero-order valence-electron chi connectivity index (χ0n) is 11.3. The van der Waals surface area contributed by atoms with Crippen molar-refractivity contribution in [2.45, 2.75) is 25.0 Å². The van der Waals surface area contributed by atoms with Crippen LogP contribution in [0.15, 0.2) is 18.2 Å². The Morgan fingerprint density at radius 1 is 1.26 bits per heavy atom. The summed E-state index contributed by atoms with van der Waals surface area (Å²) in [4.78, 5) is 0. The molecule has 0 fully saturated rings. The first-order chi connectivity index (χ1) is 8.90. The van der Waals surface area contributed by atoms with E-state index in [-0.39, 0.29) is 12.4 Å². The van der Waals surface area contributed by atoms with Crippen LogP contribution < -0.4 is 9.47 Å². The van der Waals surface area contributed by atoms with Crippen LogP contribution in [0.25, 0.3) is 0 Å². The van der Waals surface area contributed by atoms with Gasteiger partial charge in [-0.15, -0.1) is 11.6 Å². The fourth-order valence-corrected chi connectivity index (χ4v) is 2.37. The highest BCUT2D eigenvalue weighted by Gasteiger charge is 2.16. The molecule has 0 atom stereocenters. The minimum absolute atomic E-state index is 0.00885. The molecule has 0 unspecified atom stereocenters. The molecule has 0 spiro atoms. The maximum atomic E-state index is 11.6. The van der Waals surface area contributed by atoms with Gasteiger partial charge in [0.1, 0.15) is 6.61 Å². The molecule has 0 aliphatic rings. The van der Waals surface area contributed by atoms with Crippen molar-refractivity contribution in [3.63, 3.8) is 0 Å². The van der Waals surface area contributed by atoms with E-state index in [0.29, 0.717) is 17.4 Å². The summed E-state index contributed by atoms with van der Waals surface area (Å²) in [6, 6.07) is 5.33. The summed E-state index contributed by atoms with van der Waals surface area (Å²) in [5.74, 6) is 1.46. The van der Waals surface area contributed by atoms with Gasteiger partial charge in [0.15, 0.2) is 21.3 Å². The highest BCUT2D eigenvalue weighted by atomic mass is 35.5. The summed E-state index contributed by atoms with van der Waals surface area (Å²) in [6.45, 7) is 3.42. The molecule has 19 heavy (non-hydrogen) atoms. The number of rotatable bonds is 7. The molecule has 0 bridgehead atoms. The Labute approximate surface area is 119 Å². The molecule has 0 heterocycles. The van der Waals surface area contributed by atoms with Crippen molar-refractivity contribution >= 4 is 21.4 Å². The van der Waals surface area contributed by atoms with E-state index in [2.05, 4.69) is 0 Å². The number of benzene rings is 1. The molecule has 0 saturated heterocycles. The lowest BCUT2D eigenvalue weighted by Crippen LogP contribution is -2.22. The maximum Gasteiger partial charge on any atom is 0.161 e. The monoisotopic (exact) mass is 306 g/mol. The van der Waals surface area contributed by atoms with Gasteiger partial charge in [0.05, 0.1) is 18.1 Å². The first-order valence-corrected chi connectivity index (χ1v) is 8.23. The largest absolute Gasteiger partial charge is 0.493 e. The summed E-state index contributed by atoms with van der Waals surface area (Å²) >= 11 is 5.73. The van der Waals surface area contributed by atoms with Crippen LogP contribution in [-0.2, 0) is 15.7 Å². The molecular formula is C13H19ClO4S. The highest BCUT2D eigenvalue weighted by Crippen LogP contribution is 2.28. The van der Waals surface area contributed by atoms with Gasteiger partial charge in [-0.25, -0.2) is 8.42 Å². The van der Waals surface area contributed by atoms with Gasteiger partial charge in [0.2, 0.25) is 0 Å². The van der Waals surface area contributed by atoms with Crippen molar-refractivity contribution in [2.24, 2.45) is 0 Å². The molecule has 4 nitrogen and oxygen atoms in total. The van der Waals surface area contributed by atoms with E-state index in [1.54, 1.807) is 26.0 Å². The van der Waals surface area contributed by atoms with Crippen molar-refractivity contribution in [1.29, 1.82) is 0 Å². The number of halogens is 1. The van der Waals surface area contributed by atoms with E-state index < -0.39 is 15.1 Å². The van der Waals surface area contributed by atoms with Gasteiger partial charge in [-0.2, -0.15) is 0 Å². The lowest BCUT2D eigenvalue weighted by atomic mass is 10.2. The van der Waals surface area contributed by atoms with Crippen molar-refractivity contribution < 1.29 is 17.9 Å². The predicted octanol–water partition coefficient (Wildman–Crippen LogP) is 2.64. The van der Waals surface area contributed by atoms with E-state index in [1.165, 1.54) is 7.11 Å². The second-order valence-electron chi connectivity index (χ2n) is 4.38. The van der Waals surface area contributed by atoms with Gasteiger partial charge in [-0.05, 0) is 31.5 Å². The summed E-state index contributed by atoms with van der Waals surface area (Å²) in [7, 11) is -1.55. The van der Waals surface area contributed by atoms with Crippen LogP contribution in [0.1, 0.15) is 19.4 Å². The molecule has 0 aliphatic heterocycles. The van der Waals surface area contributed by atoms with Gasteiger partial charge in [0.25, 0.3) is 0 Å². The summed E-state index contributed by atoms with van der Waals surface area (Å²) in [5.41, 5.74) is 0.917. The second kappa shape index (κ2) is 7.01. The van der Waals surface area contributed by atoms with Crippen LogP contribution in [0.4, 0.5) is 0 Å². The van der Waals surface area contributed by atoms with E-state index in [1.807, 2.05) is 6.07 Å². The van der Waals surface area contributed by atoms with E-state index >= 15 is 0 Å². The first-order valence-electron chi connectivity index (χ1n) is 5.98. The average Bonchev–Trinajstić information content (AvgIpc) is 2.38. The molecule has 0 saturated carbocycles. The van der Waals surface area contributed by atoms with Crippen molar-refractivity contribution in [2.75, 3.05) is 19.5 Å². The standard InChI is InChI=1S/C13H19ClO4S/c1-10(2)19(15,16)7-6-18-12-5-4-11(9-14)8-13(12)17-3/h4-5,8,10H,6-7,9H2,1-3H3. The first kappa shape index (κ1) is 16.1. The lowest BCUT2D eigenvalue weighted by Gasteiger charge is -2.12. The quantitative estimate of drug-likeness (QED) is 0.727. The molecule has 1 rings (SSSR count). The molecule has 0 aliphatic carbocycles. The van der Waals surface area contributed by atoms with Gasteiger partial charge < -0.3 is 9.47 Å². The Morgan fingerprint density at radius 3 is 2.47 bits per heavy atom. The lowest BCUT2D eigenvalue weighted by molar-refractivity contribution is 0.311. The molecule has 0 radical (unpaired) electrons. The number of sulfone groups is 1. The Morgan fingerprint density at radius 2 is 1.95 bits per heavy atom. The van der Waals surface area contributed by atoms with Gasteiger partial charge in [-0.1, -0.05) is 6.07 Å². The van der Waals surface area contributed by atoms with Gasteiger partial charge >= 0.3 is 0 Å². The predicted molar refractivity (Wildman–Crippen MR) is 77.0 cm³/mol. The number of methoxy groups -OCH3 is 1. The number of hydrogen-bond acceptors (Lipinski definition) is 4. The summed E-state index contributed by atoms with van der Waals surface area (Å²) in [6.07, 6.45) is 0. The van der Waals surface area contributed by atoms with Crippen molar-refractivity contribution in [1.82, 2.24) is 0 Å². The van der Waals surface area contributed by atoms with Crippen LogP contribution in [0, 0.1) is 0 Å². The zero-order chi connectivity index (χ0) is 14.5. The van der Waals surface area contributed by atoms with E-state index in [4.69, 9.17) is 21.1 Å². The summed E-state index contributed by atoms with van der Waals surface area (Å²) in [5, 5.41) is -0.392. The third kappa shape index (κ3) is 4.58. The Kier molecular flexibility index (Phi) is 5.94. The smallest absolute Gasteiger partial charge is 0.161 e. The van der Waals surface area contributed by atoms with Gasteiger partial charge in [-0.3, -0.25) is 0 Å². The fourth-order valence-electron chi connectivity index (χ4n) is 1.42. The molecule has 0 aromatic heterocycles. The molecule has 0 N–H and O–H groups in total. The minimum atomic E-state index is -3.09. The normalized spacial score (nSPS) is 11.6. The molecule has 1 aromatic carbocycles. The zero-order valence-corrected chi connectivity index (χ0v) is 12.9. The minimum Gasteiger partial charge on any atom is -0.493 e. The summed E-state index contributed by atoms with van der Waals surface area (Å²) < 4.78 is 33.9. The SMILES string of the molecule is COc1cc(CCl)ccc1OCCS(=O)(=O)C(C)C. The maximum absolute atomic E-state index is 11.6. The van der Waals surface area contributed by atoms with Crippen LogP contribution in [0.2, 0.25) is 0 Å². The number of ether oxygens (including phenoxy) is 2. The molecular weight excluding hydrogens is 288 g/mol. The van der Waals surface area contributed by atoms with Crippen LogP contribution in [0.3, 0.4) is 0 Å². The number of alkyl halides is 1. The van der Waals surface area contributed by atoms with Gasteiger partial charge in [0, 0.05) is 5.88 Å².